The van der Waals surface area contributed by atoms with Gasteiger partial charge in [0.25, 0.3) is 0 Å². The van der Waals surface area contributed by atoms with Crippen molar-refractivity contribution in [3.8, 4) is 0 Å². The fourth-order valence-corrected chi connectivity index (χ4v) is 3.53. The highest BCUT2D eigenvalue weighted by Gasteiger charge is 2.23. The Labute approximate surface area is 158 Å². The lowest BCUT2D eigenvalue weighted by molar-refractivity contribution is -0.120. The number of H-pyrrole nitrogens is 1. The molecule has 4 rings (SSSR count). The number of fused-ring (bicyclic) bond motifs is 1. The number of piperidine rings is 1. The highest BCUT2D eigenvalue weighted by molar-refractivity contribution is 5.87. The number of aromatic amines is 1. The molecule has 0 spiro atoms. The van der Waals surface area contributed by atoms with E-state index in [1.54, 1.807) is 6.33 Å². The van der Waals surface area contributed by atoms with Gasteiger partial charge in [0.2, 0.25) is 5.91 Å². The van der Waals surface area contributed by atoms with E-state index >= 15 is 0 Å². The third kappa shape index (κ3) is 4.02. The monoisotopic (exact) mass is 364 g/mol. The second-order valence-corrected chi connectivity index (χ2v) is 7.01. The van der Waals surface area contributed by atoms with Gasteiger partial charge in [-0.05, 0) is 38.0 Å². The minimum atomic E-state index is 0.0110. The highest BCUT2D eigenvalue weighted by Crippen LogP contribution is 2.25. The van der Waals surface area contributed by atoms with Crippen LogP contribution in [0.4, 0.5) is 11.5 Å². The molecule has 3 heterocycles. The smallest absolute Gasteiger partial charge is 0.239 e. The van der Waals surface area contributed by atoms with Crippen LogP contribution in [-0.2, 0) is 4.79 Å². The van der Waals surface area contributed by atoms with Gasteiger partial charge in [-0.15, -0.1) is 0 Å². The number of benzene rings is 1. The second kappa shape index (κ2) is 7.65. The van der Waals surface area contributed by atoms with Crippen molar-refractivity contribution >= 4 is 28.4 Å². The highest BCUT2D eigenvalue weighted by atomic mass is 16.2. The summed E-state index contributed by atoms with van der Waals surface area (Å²) in [6, 6.07) is 10.2. The molecule has 1 fully saturated rings. The molecule has 1 aliphatic rings. The summed E-state index contributed by atoms with van der Waals surface area (Å²) in [4.78, 5) is 26.4. The fraction of sp³-hybridized carbons (Fsp3) is 0.350. The molecular weight excluding hydrogens is 340 g/mol. The number of rotatable bonds is 5. The van der Waals surface area contributed by atoms with Gasteiger partial charge >= 0.3 is 0 Å². The number of hydrogen-bond donors (Lipinski definition) is 3. The van der Waals surface area contributed by atoms with E-state index in [4.69, 9.17) is 0 Å². The van der Waals surface area contributed by atoms with Crippen molar-refractivity contribution < 1.29 is 4.79 Å². The molecule has 0 aliphatic carbocycles. The standard InChI is InChI=1S/C20H24N6O/c1-14-4-6-15(7-5-14)22-11-18(27)25-16-3-2-10-26(12-16)20-17-8-9-21-19(17)23-13-24-20/h4-9,13,16,22H,2-3,10-12H2,1H3,(H,25,27)(H,21,23,24)/t16-/m1/s1. The van der Waals surface area contributed by atoms with Gasteiger partial charge in [0.15, 0.2) is 0 Å². The number of nitrogens with zero attached hydrogens (tertiary/aromatic N) is 3. The summed E-state index contributed by atoms with van der Waals surface area (Å²) >= 11 is 0. The van der Waals surface area contributed by atoms with Crippen LogP contribution in [0.5, 0.6) is 0 Å². The number of carbonyl (C=O) groups is 1. The quantitative estimate of drug-likeness (QED) is 0.647. The van der Waals surface area contributed by atoms with Crippen LogP contribution >= 0.6 is 0 Å². The Kier molecular flexibility index (Phi) is 4.91. The molecule has 7 heteroatoms. The van der Waals surface area contributed by atoms with Crippen molar-refractivity contribution in [2.45, 2.75) is 25.8 Å². The first-order valence-corrected chi connectivity index (χ1v) is 9.32. The largest absolute Gasteiger partial charge is 0.376 e. The predicted octanol–water partition coefficient (Wildman–Crippen LogP) is 2.46. The van der Waals surface area contributed by atoms with Gasteiger partial charge in [0.1, 0.15) is 17.8 Å². The molecule has 1 atom stereocenters. The topological polar surface area (TPSA) is 85.9 Å². The Morgan fingerprint density at radius 3 is 2.96 bits per heavy atom. The Morgan fingerprint density at radius 2 is 2.11 bits per heavy atom. The summed E-state index contributed by atoms with van der Waals surface area (Å²) < 4.78 is 0. The molecule has 140 valence electrons. The second-order valence-electron chi connectivity index (χ2n) is 7.01. The lowest BCUT2D eigenvalue weighted by atomic mass is 10.1. The van der Waals surface area contributed by atoms with Crippen LogP contribution in [0.2, 0.25) is 0 Å². The van der Waals surface area contributed by atoms with E-state index in [1.807, 2.05) is 43.5 Å². The predicted molar refractivity (Wildman–Crippen MR) is 107 cm³/mol. The van der Waals surface area contributed by atoms with Crippen LogP contribution in [-0.4, -0.2) is 46.5 Å². The molecule has 2 aromatic heterocycles. The van der Waals surface area contributed by atoms with Crippen LogP contribution in [0.15, 0.2) is 42.9 Å². The van der Waals surface area contributed by atoms with Gasteiger partial charge in [-0.2, -0.15) is 0 Å². The number of aryl methyl sites for hydroxylation is 1. The van der Waals surface area contributed by atoms with E-state index in [-0.39, 0.29) is 18.5 Å². The third-order valence-corrected chi connectivity index (χ3v) is 4.92. The van der Waals surface area contributed by atoms with Crippen LogP contribution in [0.25, 0.3) is 11.0 Å². The molecule has 1 amide bonds. The number of hydrogen-bond acceptors (Lipinski definition) is 5. The van der Waals surface area contributed by atoms with Crippen molar-refractivity contribution in [1.29, 1.82) is 0 Å². The maximum absolute atomic E-state index is 12.3. The Bertz CT molecular complexity index is 920. The van der Waals surface area contributed by atoms with Gasteiger partial charge in [0.05, 0.1) is 11.9 Å². The van der Waals surface area contributed by atoms with Crippen molar-refractivity contribution in [3.63, 3.8) is 0 Å². The van der Waals surface area contributed by atoms with Gasteiger partial charge in [-0.25, -0.2) is 9.97 Å². The summed E-state index contributed by atoms with van der Waals surface area (Å²) in [6.07, 6.45) is 5.46. The molecular formula is C20H24N6O. The zero-order valence-electron chi connectivity index (χ0n) is 15.4. The molecule has 0 radical (unpaired) electrons. The zero-order chi connectivity index (χ0) is 18.6. The van der Waals surface area contributed by atoms with Gasteiger partial charge < -0.3 is 20.5 Å². The molecule has 1 aliphatic heterocycles. The number of nitrogens with one attached hydrogen (secondary N) is 3. The molecule has 7 nitrogen and oxygen atoms in total. The first-order valence-electron chi connectivity index (χ1n) is 9.32. The Balaban J connectivity index is 1.35. The third-order valence-electron chi connectivity index (χ3n) is 4.92. The summed E-state index contributed by atoms with van der Waals surface area (Å²) in [5, 5.41) is 7.34. The van der Waals surface area contributed by atoms with Crippen LogP contribution in [0, 0.1) is 6.92 Å². The van der Waals surface area contributed by atoms with Crippen molar-refractivity contribution in [2.24, 2.45) is 0 Å². The Hall–Kier alpha value is -3.09. The molecule has 27 heavy (non-hydrogen) atoms. The van der Waals surface area contributed by atoms with Crippen molar-refractivity contribution in [2.75, 3.05) is 29.9 Å². The summed E-state index contributed by atoms with van der Waals surface area (Å²) in [7, 11) is 0. The minimum absolute atomic E-state index is 0.0110. The van der Waals surface area contributed by atoms with E-state index in [0.29, 0.717) is 0 Å². The normalized spacial score (nSPS) is 17.1. The number of aromatic nitrogens is 3. The SMILES string of the molecule is Cc1ccc(NCC(=O)N[C@@H]2CCCN(c3ncnc4[nH]ccc34)C2)cc1. The zero-order valence-corrected chi connectivity index (χ0v) is 15.4. The first kappa shape index (κ1) is 17.3. The number of anilines is 2. The molecule has 0 saturated carbocycles. The summed E-state index contributed by atoms with van der Waals surface area (Å²) in [5.41, 5.74) is 3.00. The molecule has 0 unspecified atom stereocenters. The van der Waals surface area contributed by atoms with Crippen molar-refractivity contribution in [3.05, 3.63) is 48.4 Å². The van der Waals surface area contributed by atoms with Crippen LogP contribution in [0.1, 0.15) is 18.4 Å². The lowest BCUT2D eigenvalue weighted by Gasteiger charge is -2.34. The van der Waals surface area contributed by atoms with Gasteiger partial charge in [-0.3, -0.25) is 4.79 Å². The molecule has 0 bridgehead atoms. The van der Waals surface area contributed by atoms with Gasteiger partial charge in [-0.1, -0.05) is 17.7 Å². The molecule has 1 saturated heterocycles. The average Bonchev–Trinajstić information content (AvgIpc) is 3.16. The maximum Gasteiger partial charge on any atom is 0.239 e. The van der Waals surface area contributed by atoms with E-state index in [9.17, 15) is 4.79 Å². The molecule has 1 aromatic carbocycles. The summed E-state index contributed by atoms with van der Waals surface area (Å²) in [5.74, 6) is 0.940. The van der Waals surface area contributed by atoms with E-state index in [0.717, 1.165) is 48.5 Å². The lowest BCUT2D eigenvalue weighted by Crippen LogP contribution is -2.49. The van der Waals surface area contributed by atoms with E-state index in [2.05, 4.69) is 30.5 Å². The number of amides is 1. The molecule has 3 N–H and O–H groups in total. The fourth-order valence-electron chi connectivity index (χ4n) is 3.53. The average molecular weight is 364 g/mol. The van der Waals surface area contributed by atoms with Crippen molar-refractivity contribution in [1.82, 2.24) is 20.3 Å². The van der Waals surface area contributed by atoms with E-state index < -0.39 is 0 Å². The van der Waals surface area contributed by atoms with Crippen LogP contribution < -0.4 is 15.5 Å². The van der Waals surface area contributed by atoms with Crippen LogP contribution in [0.3, 0.4) is 0 Å². The van der Waals surface area contributed by atoms with Gasteiger partial charge in [0, 0.05) is 31.0 Å². The maximum atomic E-state index is 12.3. The summed E-state index contributed by atoms with van der Waals surface area (Å²) in [6.45, 7) is 4.01. The minimum Gasteiger partial charge on any atom is -0.376 e. The van der Waals surface area contributed by atoms with E-state index in [1.165, 1.54) is 5.56 Å². The first-order chi connectivity index (χ1) is 13.2. The Morgan fingerprint density at radius 1 is 1.26 bits per heavy atom. The number of carbonyl (C=O) groups excluding carboxylic acids is 1. The molecule has 3 aromatic rings.